The third kappa shape index (κ3) is 4.22. The summed E-state index contributed by atoms with van der Waals surface area (Å²) in [5.74, 6) is -1.41. The van der Waals surface area contributed by atoms with Crippen LogP contribution < -0.4 is 9.62 Å². The summed E-state index contributed by atoms with van der Waals surface area (Å²) in [6, 6.07) is 27.6. The lowest BCUT2D eigenvalue weighted by Crippen LogP contribution is -2.38. The van der Waals surface area contributed by atoms with Crippen molar-refractivity contribution in [3.63, 3.8) is 0 Å². The molecule has 1 aliphatic rings. The number of carbonyl (C=O) groups is 3. The Morgan fingerprint density at radius 2 is 1.38 bits per heavy atom. The SMILES string of the molecule is O=C(CN(c1cccc2cccnc12)S(=O)(=O)c1ccccc1)Nc1cccc2c1C(=O)c1ccccc1C2=O. The first-order valence-electron chi connectivity index (χ1n) is 12.4. The average molecular weight is 548 g/mol. The Morgan fingerprint density at radius 1 is 0.725 bits per heavy atom. The molecular formula is C31H21N3O5S. The summed E-state index contributed by atoms with van der Waals surface area (Å²) in [5.41, 5.74) is 1.56. The summed E-state index contributed by atoms with van der Waals surface area (Å²) < 4.78 is 28.7. The molecule has 8 nitrogen and oxygen atoms in total. The van der Waals surface area contributed by atoms with Gasteiger partial charge in [-0.05, 0) is 30.3 Å². The van der Waals surface area contributed by atoms with Crippen molar-refractivity contribution in [2.75, 3.05) is 16.2 Å². The molecule has 0 bridgehead atoms. The Labute approximate surface area is 230 Å². The molecule has 4 aromatic carbocycles. The Balaban J connectivity index is 1.40. The highest BCUT2D eigenvalue weighted by Gasteiger charge is 2.33. The number of carbonyl (C=O) groups excluding carboxylic acids is 3. The fourth-order valence-electron chi connectivity index (χ4n) is 4.88. The van der Waals surface area contributed by atoms with E-state index in [4.69, 9.17) is 0 Å². The second-order valence-corrected chi connectivity index (χ2v) is 11.0. The lowest BCUT2D eigenvalue weighted by molar-refractivity contribution is -0.114. The monoisotopic (exact) mass is 547 g/mol. The third-order valence-electron chi connectivity index (χ3n) is 6.73. The number of hydrogen-bond acceptors (Lipinski definition) is 6. The molecule has 0 fully saturated rings. The van der Waals surface area contributed by atoms with Gasteiger partial charge in [0.25, 0.3) is 10.0 Å². The number of benzene rings is 4. The summed E-state index contributed by atoms with van der Waals surface area (Å²) in [7, 11) is -4.20. The largest absolute Gasteiger partial charge is 0.324 e. The number of amides is 1. The smallest absolute Gasteiger partial charge is 0.264 e. The van der Waals surface area contributed by atoms with Crippen LogP contribution in [-0.2, 0) is 14.8 Å². The van der Waals surface area contributed by atoms with E-state index in [0.717, 1.165) is 4.31 Å². The van der Waals surface area contributed by atoms with Crippen LogP contribution in [0.4, 0.5) is 11.4 Å². The predicted molar refractivity (Wildman–Crippen MR) is 151 cm³/mol. The van der Waals surface area contributed by atoms with E-state index in [-0.39, 0.29) is 38.7 Å². The minimum Gasteiger partial charge on any atom is -0.324 e. The van der Waals surface area contributed by atoms with E-state index in [1.54, 1.807) is 85.1 Å². The first-order valence-corrected chi connectivity index (χ1v) is 13.8. The zero-order valence-corrected chi connectivity index (χ0v) is 21.8. The molecule has 9 heteroatoms. The summed E-state index contributed by atoms with van der Waals surface area (Å²) in [5, 5.41) is 3.39. The van der Waals surface area contributed by atoms with Crippen LogP contribution >= 0.6 is 0 Å². The van der Waals surface area contributed by atoms with E-state index >= 15 is 0 Å². The molecule has 1 aromatic heterocycles. The molecule has 5 aromatic rings. The van der Waals surface area contributed by atoms with Crippen LogP contribution in [0.3, 0.4) is 0 Å². The van der Waals surface area contributed by atoms with Gasteiger partial charge in [0, 0.05) is 28.3 Å². The van der Waals surface area contributed by atoms with E-state index < -0.39 is 28.3 Å². The number of anilines is 2. The van der Waals surface area contributed by atoms with Crippen LogP contribution in [-0.4, -0.2) is 37.4 Å². The van der Waals surface area contributed by atoms with Gasteiger partial charge in [0.1, 0.15) is 6.54 Å². The van der Waals surface area contributed by atoms with Crippen LogP contribution in [0, 0.1) is 0 Å². The number of sulfonamides is 1. The Morgan fingerprint density at radius 3 is 2.15 bits per heavy atom. The second-order valence-electron chi connectivity index (χ2n) is 9.16. The Kier molecular flexibility index (Phi) is 6.20. The van der Waals surface area contributed by atoms with Gasteiger partial charge in [-0.3, -0.25) is 23.7 Å². The molecule has 1 heterocycles. The van der Waals surface area contributed by atoms with Gasteiger partial charge in [-0.15, -0.1) is 0 Å². The number of ketones is 2. The molecule has 1 amide bonds. The number of fused-ring (bicyclic) bond motifs is 3. The van der Waals surface area contributed by atoms with Crippen molar-refractivity contribution in [2.24, 2.45) is 0 Å². The molecule has 6 rings (SSSR count). The third-order valence-corrected chi connectivity index (χ3v) is 8.50. The van der Waals surface area contributed by atoms with Gasteiger partial charge in [-0.1, -0.05) is 72.8 Å². The number of hydrogen-bond donors (Lipinski definition) is 1. The highest BCUT2D eigenvalue weighted by molar-refractivity contribution is 7.92. The molecule has 0 radical (unpaired) electrons. The molecular weight excluding hydrogens is 526 g/mol. The van der Waals surface area contributed by atoms with Gasteiger partial charge in [-0.25, -0.2) is 8.42 Å². The fraction of sp³-hybridized carbons (Fsp3) is 0.0323. The zero-order valence-electron chi connectivity index (χ0n) is 20.9. The molecule has 0 spiro atoms. The molecule has 1 aliphatic carbocycles. The van der Waals surface area contributed by atoms with E-state index in [2.05, 4.69) is 10.3 Å². The van der Waals surface area contributed by atoms with Gasteiger partial charge >= 0.3 is 0 Å². The highest BCUT2D eigenvalue weighted by atomic mass is 32.2. The van der Waals surface area contributed by atoms with Crippen molar-refractivity contribution in [3.05, 3.63) is 132 Å². The number of pyridine rings is 1. The van der Waals surface area contributed by atoms with Crippen molar-refractivity contribution < 1.29 is 22.8 Å². The van der Waals surface area contributed by atoms with Crippen molar-refractivity contribution in [2.45, 2.75) is 4.90 Å². The van der Waals surface area contributed by atoms with E-state index in [1.807, 2.05) is 0 Å². The molecule has 40 heavy (non-hydrogen) atoms. The standard InChI is InChI=1S/C31H21N3O5S/c35-27(33-25-16-7-15-24-28(25)31(37)23-14-5-4-13-22(23)30(24)36)19-34(40(38,39)21-11-2-1-3-12-21)26-17-6-9-20-10-8-18-32-29(20)26/h1-18H,19H2,(H,33,35). The highest BCUT2D eigenvalue weighted by Crippen LogP contribution is 2.33. The number of para-hydroxylation sites is 1. The van der Waals surface area contributed by atoms with Gasteiger partial charge in [-0.2, -0.15) is 0 Å². The van der Waals surface area contributed by atoms with Crippen LogP contribution in [0.15, 0.2) is 114 Å². The molecule has 196 valence electrons. The van der Waals surface area contributed by atoms with Crippen LogP contribution in [0.25, 0.3) is 10.9 Å². The summed E-state index contributed by atoms with van der Waals surface area (Å²) in [6.07, 6.45) is 1.55. The van der Waals surface area contributed by atoms with Crippen LogP contribution in [0.5, 0.6) is 0 Å². The zero-order chi connectivity index (χ0) is 27.9. The van der Waals surface area contributed by atoms with Crippen LogP contribution in [0.2, 0.25) is 0 Å². The van der Waals surface area contributed by atoms with Crippen molar-refractivity contribution in [1.82, 2.24) is 4.98 Å². The van der Waals surface area contributed by atoms with Gasteiger partial charge in [0.05, 0.1) is 27.4 Å². The Bertz CT molecular complexity index is 1930. The average Bonchev–Trinajstić information content (AvgIpc) is 2.99. The summed E-state index contributed by atoms with van der Waals surface area (Å²) in [6.45, 7) is -0.602. The maximum Gasteiger partial charge on any atom is 0.264 e. The number of nitrogens with one attached hydrogen (secondary N) is 1. The van der Waals surface area contributed by atoms with Gasteiger partial charge in [0.2, 0.25) is 5.91 Å². The molecule has 0 aliphatic heterocycles. The normalized spacial score (nSPS) is 12.5. The molecule has 0 saturated carbocycles. The maximum atomic E-state index is 13.8. The van der Waals surface area contributed by atoms with Crippen molar-refractivity contribution >= 4 is 49.8 Å². The lowest BCUT2D eigenvalue weighted by atomic mass is 9.83. The predicted octanol–water partition coefficient (Wildman–Crippen LogP) is 4.84. The maximum absolute atomic E-state index is 13.8. The minimum absolute atomic E-state index is 0.00482. The molecule has 0 unspecified atom stereocenters. The first kappa shape index (κ1) is 25.1. The van der Waals surface area contributed by atoms with Crippen molar-refractivity contribution in [3.8, 4) is 0 Å². The molecule has 0 saturated heterocycles. The molecule has 0 atom stereocenters. The van der Waals surface area contributed by atoms with Crippen LogP contribution in [0.1, 0.15) is 31.8 Å². The fourth-order valence-corrected chi connectivity index (χ4v) is 6.33. The van der Waals surface area contributed by atoms with E-state index in [1.165, 1.54) is 24.3 Å². The molecule has 1 N–H and O–H groups in total. The summed E-state index contributed by atoms with van der Waals surface area (Å²) in [4.78, 5) is 44.4. The Hall–Kier alpha value is -5.15. The summed E-state index contributed by atoms with van der Waals surface area (Å²) >= 11 is 0. The number of nitrogens with zero attached hydrogens (tertiary/aromatic N) is 2. The van der Waals surface area contributed by atoms with E-state index in [9.17, 15) is 22.8 Å². The van der Waals surface area contributed by atoms with E-state index in [0.29, 0.717) is 16.5 Å². The first-order chi connectivity index (χ1) is 19.4. The van der Waals surface area contributed by atoms with Gasteiger partial charge < -0.3 is 5.32 Å². The van der Waals surface area contributed by atoms with Gasteiger partial charge in [0.15, 0.2) is 11.6 Å². The number of rotatable bonds is 6. The van der Waals surface area contributed by atoms with Crippen molar-refractivity contribution in [1.29, 1.82) is 0 Å². The second kappa shape index (κ2) is 9.87. The quantitative estimate of drug-likeness (QED) is 0.319. The topological polar surface area (TPSA) is 114 Å². The number of aromatic nitrogens is 1. The minimum atomic E-state index is -4.20. The lowest BCUT2D eigenvalue weighted by Gasteiger charge is -2.25.